The molecule has 64 valence electrons. The molecule has 0 amide bonds. The lowest BCUT2D eigenvalue weighted by molar-refractivity contribution is -0.191. The zero-order valence-electron chi connectivity index (χ0n) is 7.00. The molecule has 0 saturated carbocycles. The number of hydrogen-bond donors (Lipinski definition) is 0. The predicted molar refractivity (Wildman–Crippen MR) is 39.0 cm³/mol. The van der Waals surface area contributed by atoms with Crippen molar-refractivity contribution in [2.75, 3.05) is 6.61 Å². The van der Waals surface area contributed by atoms with Crippen LogP contribution in [0, 0.1) is 0 Å². The van der Waals surface area contributed by atoms with Crippen molar-refractivity contribution in [1.82, 2.24) is 0 Å². The van der Waals surface area contributed by atoms with Gasteiger partial charge in [-0.05, 0) is 26.7 Å². The Hall–Kier alpha value is -0.120. The molecule has 2 saturated heterocycles. The van der Waals surface area contributed by atoms with Crippen LogP contribution in [0.15, 0.2) is 0 Å². The van der Waals surface area contributed by atoms with Crippen LogP contribution in [0.3, 0.4) is 0 Å². The van der Waals surface area contributed by atoms with Gasteiger partial charge in [-0.25, -0.2) is 0 Å². The van der Waals surface area contributed by atoms with Crippen LogP contribution in [0.5, 0.6) is 0 Å². The van der Waals surface area contributed by atoms with Gasteiger partial charge in [-0.3, -0.25) is 0 Å². The Morgan fingerprint density at radius 3 is 2.82 bits per heavy atom. The maximum Gasteiger partial charge on any atom is 0.187 e. The van der Waals surface area contributed by atoms with Crippen LogP contribution in [0.2, 0.25) is 0 Å². The van der Waals surface area contributed by atoms with Crippen molar-refractivity contribution in [3.63, 3.8) is 0 Å². The summed E-state index contributed by atoms with van der Waals surface area (Å²) in [6.45, 7) is 4.66. The largest absolute Gasteiger partial charge is 0.350 e. The first kappa shape index (κ1) is 7.53. The summed E-state index contributed by atoms with van der Waals surface area (Å²) in [4.78, 5) is 0. The first-order valence-corrected chi connectivity index (χ1v) is 4.15. The lowest BCUT2D eigenvalue weighted by Gasteiger charge is -2.21. The van der Waals surface area contributed by atoms with Crippen LogP contribution < -0.4 is 0 Å². The van der Waals surface area contributed by atoms with Gasteiger partial charge in [0.1, 0.15) is 6.10 Å². The van der Waals surface area contributed by atoms with Gasteiger partial charge in [-0.15, -0.1) is 0 Å². The van der Waals surface area contributed by atoms with Gasteiger partial charge in [0.2, 0.25) is 0 Å². The summed E-state index contributed by atoms with van der Waals surface area (Å²) in [6, 6.07) is 0. The number of fused-ring (bicyclic) bond motifs is 1. The second kappa shape index (κ2) is 2.44. The smallest absolute Gasteiger partial charge is 0.187 e. The Kier molecular flexibility index (Phi) is 1.67. The minimum Gasteiger partial charge on any atom is -0.350 e. The van der Waals surface area contributed by atoms with E-state index in [4.69, 9.17) is 14.2 Å². The maximum absolute atomic E-state index is 5.61. The topological polar surface area (TPSA) is 27.7 Å². The normalized spacial score (nSPS) is 42.0. The van der Waals surface area contributed by atoms with Gasteiger partial charge in [-0.2, -0.15) is 0 Å². The molecular formula is C8H14O3. The van der Waals surface area contributed by atoms with E-state index in [0.717, 1.165) is 19.4 Å². The third-order valence-electron chi connectivity index (χ3n) is 2.05. The fraction of sp³-hybridized carbons (Fsp3) is 1.00. The minimum absolute atomic E-state index is 0.112. The molecule has 0 aliphatic carbocycles. The molecule has 2 heterocycles. The van der Waals surface area contributed by atoms with Crippen LogP contribution in [0.4, 0.5) is 0 Å². The van der Waals surface area contributed by atoms with Crippen molar-refractivity contribution >= 4 is 0 Å². The van der Waals surface area contributed by atoms with Crippen LogP contribution in [0.1, 0.15) is 26.7 Å². The van der Waals surface area contributed by atoms with E-state index in [1.807, 2.05) is 13.8 Å². The summed E-state index contributed by atoms with van der Waals surface area (Å²) >= 11 is 0. The average Bonchev–Trinajstić information content (AvgIpc) is 2.21. The second-order valence-corrected chi connectivity index (χ2v) is 3.56. The van der Waals surface area contributed by atoms with E-state index in [0.29, 0.717) is 0 Å². The molecule has 0 aromatic carbocycles. The van der Waals surface area contributed by atoms with E-state index < -0.39 is 5.79 Å². The summed E-state index contributed by atoms with van der Waals surface area (Å²) in [5.74, 6) is -0.445. The second-order valence-electron chi connectivity index (χ2n) is 3.56. The Labute approximate surface area is 66.6 Å². The van der Waals surface area contributed by atoms with Gasteiger partial charge in [0.25, 0.3) is 0 Å². The summed E-state index contributed by atoms with van der Waals surface area (Å²) in [5, 5.41) is 0. The van der Waals surface area contributed by atoms with Crippen LogP contribution in [0.25, 0.3) is 0 Å². The zero-order valence-corrected chi connectivity index (χ0v) is 7.00. The number of ether oxygens (including phenoxy) is 3. The Morgan fingerprint density at radius 1 is 1.27 bits per heavy atom. The van der Waals surface area contributed by atoms with Crippen molar-refractivity contribution in [2.45, 2.75) is 44.9 Å². The van der Waals surface area contributed by atoms with E-state index in [2.05, 4.69) is 0 Å². The molecule has 0 spiro atoms. The highest BCUT2D eigenvalue weighted by molar-refractivity contribution is 4.78. The molecule has 3 nitrogen and oxygen atoms in total. The average molecular weight is 158 g/mol. The first-order valence-electron chi connectivity index (χ1n) is 4.15. The van der Waals surface area contributed by atoms with E-state index in [-0.39, 0.29) is 12.4 Å². The molecule has 2 rings (SSSR count). The van der Waals surface area contributed by atoms with Gasteiger partial charge in [0.15, 0.2) is 12.1 Å². The molecule has 2 aliphatic rings. The summed E-state index contributed by atoms with van der Waals surface area (Å²) in [6.07, 6.45) is 2.20. The van der Waals surface area contributed by atoms with Crippen molar-refractivity contribution in [3.05, 3.63) is 0 Å². The molecule has 2 fully saturated rings. The van der Waals surface area contributed by atoms with Crippen molar-refractivity contribution in [1.29, 1.82) is 0 Å². The first-order chi connectivity index (χ1) is 5.17. The van der Waals surface area contributed by atoms with Gasteiger partial charge in [-0.1, -0.05) is 0 Å². The molecule has 0 aromatic rings. The minimum atomic E-state index is -0.445. The van der Waals surface area contributed by atoms with Crippen molar-refractivity contribution in [3.8, 4) is 0 Å². The predicted octanol–water partition coefficient (Wildman–Crippen LogP) is 1.27. The highest BCUT2D eigenvalue weighted by Gasteiger charge is 2.43. The highest BCUT2D eigenvalue weighted by atomic mass is 16.8. The van der Waals surface area contributed by atoms with E-state index >= 15 is 0 Å². The van der Waals surface area contributed by atoms with E-state index in [9.17, 15) is 0 Å². The number of rotatable bonds is 0. The van der Waals surface area contributed by atoms with Crippen molar-refractivity contribution < 1.29 is 14.2 Å². The van der Waals surface area contributed by atoms with E-state index in [1.165, 1.54) is 0 Å². The van der Waals surface area contributed by atoms with Gasteiger partial charge < -0.3 is 14.2 Å². The highest BCUT2D eigenvalue weighted by Crippen LogP contribution is 2.33. The lowest BCUT2D eigenvalue weighted by Crippen LogP contribution is -2.30. The SMILES string of the molecule is CC1(C)OC2CCCOC2O1. The van der Waals surface area contributed by atoms with Crippen molar-refractivity contribution in [2.24, 2.45) is 0 Å². The van der Waals surface area contributed by atoms with Gasteiger partial charge >= 0.3 is 0 Å². The number of hydrogen-bond acceptors (Lipinski definition) is 3. The molecule has 2 unspecified atom stereocenters. The lowest BCUT2D eigenvalue weighted by atomic mass is 10.1. The zero-order chi connectivity index (χ0) is 7.90. The molecule has 2 atom stereocenters. The van der Waals surface area contributed by atoms with Crippen LogP contribution in [-0.2, 0) is 14.2 Å². The monoisotopic (exact) mass is 158 g/mol. The fourth-order valence-corrected chi connectivity index (χ4v) is 1.62. The van der Waals surface area contributed by atoms with E-state index in [1.54, 1.807) is 0 Å². The standard InChI is InChI=1S/C8H14O3/c1-8(2)10-6-4-3-5-9-7(6)11-8/h6-7H,3-5H2,1-2H3. The quantitative estimate of drug-likeness (QED) is 0.531. The fourth-order valence-electron chi connectivity index (χ4n) is 1.62. The Balaban J connectivity index is 2.03. The third-order valence-corrected chi connectivity index (χ3v) is 2.05. The molecule has 0 aromatic heterocycles. The molecule has 0 radical (unpaired) electrons. The van der Waals surface area contributed by atoms with Crippen LogP contribution >= 0.6 is 0 Å². The summed E-state index contributed by atoms with van der Waals surface area (Å²) in [5.41, 5.74) is 0. The summed E-state index contributed by atoms with van der Waals surface area (Å²) < 4.78 is 16.5. The molecule has 11 heavy (non-hydrogen) atoms. The molecule has 0 bridgehead atoms. The maximum atomic E-state index is 5.61. The van der Waals surface area contributed by atoms with Gasteiger partial charge in [0, 0.05) is 6.61 Å². The Bertz CT molecular complexity index is 139. The molecular weight excluding hydrogens is 144 g/mol. The van der Waals surface area contributed by atoms with Gasteiger partial charge in [0.05, 0.1) is 0 Å². The molecule has 0 N–H and O–H groups in total. The molecule has 3 heteroatoms. The molecule has 2 aliphatic heterocycles. The Morgan fingerprint density at radius 2 is 2.09 bits per heavy atom. The third kappa shape index (κ3) is 1.41. The summed E-state index contributed by atoms with van der Waals surface area (Å²) in [7, 11) is 0. The van der Waals surface area contributed by atoms with Crippen LogP contribution in [-0.4, -0.2) is 24.8 Å².